The number of nitrogens with zero attached hydrogens (tertiary/aromatic N) is 2. The molecule has 12 rings (SSSR count). The van der Waals surface area contributed by atoms with E-state index in [-0.39, 0.29) is 49.9 Å². The van der Waals surface area contributed by atoms with Crippen LogP contribution in [0.3, 0.4) is 0 Å². The molecule has 4 N–H and O–H groups in total. The smallest absolute Gasteiger partial charge is 0.339 e. The van der Waals surface area contributed by atoms with E-state index in [0.29, 0.717) is 34.3 Å². The summed E-state index contributed by atoms with van der Waals surface area (Å²) in [7, 11) is 0. The van der Waals surface area contributed by atoms with Crippen LogP contribution >= 0.6 is 23.2 Å². The summed E-state index contributed by atoms with van der Waals surface area (Å²) in [5, 5.41) is 48.2. The highest BCUT2D eigenvalue weighted by Gasteiger charge is 2.82. The maximum Gasteiger partial charge on any atom is 0.339 e. The molecule has 18 atom stereocenters. The Morgan fingerprint density at radius 3 is 1.28 bits per heavy atom. The minimum absolute atomic E-state index is 0.0488. The molecule has 8 aliphatic carbocycles. The van der Waals surface area contributed by atoms with Gasteiger partial charge in [0, 0.05) is 55.4 Å². The SMILES string of the molecule is C[C@]12C=CC(=O)C=C1[C@@H](F)C[C@H]1[C@@H]3C[C@H]4CN(c5ccc(Cl)cc5)O[C@@]4(C(=O)O)[C@@]3(C)C[C@H](O)[C@@]12F.C[C@]12C=CC(=O)C=C1[C@@H](F)C[C@H]1[C@@H]3C[C@H]4CN(c5ccc(Cl)cc5)O[C@@]4(C(=O)O)[C@@]3(C)C[C@H](O)[C@@]12F. The highest BCUT2D eigenvalue weighted by Crippen LogP contribution is 2.75. The molecule has 2 saturated heterocycles. The second kappa shape index (κ2) is 16.0. The Kier molecular flexibility index (Phi) is 11.0. The number of hydrogen-bond donors (Lipinski definition) is 4. The summed E-state index contributed by atoms with van der Waals surface area (Å²) in [6.07, 6.45) is 1.11. The minimum atomic E-state index is -2.25. The van der Waals surface area contributed by atoms with E-state index >= 15 is 17.6 Å². The largest absolute Gasteiger partial charge is 0.479 e. The number of allylic oxidation sites excluding steroid dienone is 8. The molecule has 2 aromatic rings. The van der Waals surface area contributed by atoms with Crippen LogP contribution in [0.1, 0.15) is 66.2 Å². The molecule has 384 valence electrons. The van der Waals surface area contributed by atoms with Gasteiger partial charge in [-0.1, -0.05) is 49.2 Å². The number of hydroxylamine groups is 2. The van der Waals surface area contributed by atoms with Crippen LogP contribution in [-0.2, 0) is 28.9 Å². The first-order valence-corrected chi connectivity index (χ1v) is 25.4. The molecule has 0 unspecified atom stereocenters. The summed E-state index contributed by atoms with van der Waals surface area (Å²) in [4.78, 5) is 62.4. The van der Waals surface area contributed by atoms with Crippen LogP contribution in [0.25, 0.3) is 0 Å². The summed E-state index contributed by atoms with van der Waals surface area (Å²) in [6.45, 7) is 7.07. The summed E-state index contributed by atoms with van der Waals surface area (Å²) in [5.74, 6) is -7.12. The Hall–Kier alpha value is -4.58. The molecule has 2 aromatic carbocycles. The molecule has 18 heteroatoms. The number of rotatable bonds is 4. The number of benzene rings is 2. The van der Waals surface area contributed by atoms with Crippen LogP contribution in [0.2, 0.25) is 10.0 Å². The van der Waals surface area contributed by atoms with Crippen molar-refractivity contribution in [1.29, 1.82) is 0 Å². The number of fused-ring (bicyclic) bond motifs is 14. The maximum absolute atomic E-state index is 17.3. The van der Waals surface area contributed by atoms with E-state index < -0.39 is 128 Å². The highest BCUT2D eigenvalue weighted by atomic mass is 35.5. The average molecular weight is 1040 g/mol. The van der Waals surface area contributed by atoms with Crippen molar-refractivity contribution in [1.82, 2.24) is 0 Å². The number of aliphatic hydroxyl groups is 2. The number of carbonyl (C=O) groups is 4. The lowest BCUT2D eigenvalue weighted by atomic mass is 9.44. The zero-order chi connectivity index (χ0) is 51.7. The highest BCUT2D eigenvalue weighted by molar-refractivity contribution is 6.31. The Morgan fingerprint density at radius 1 is 0.597 bits per heavy atom. The first-order chi connectivity index (χ1) is 33.8. The molecule has 0 radical (unpaired) electrons. The van der Waals surface area contributed by atoms with E-state index in [9.17, 15) is 39.6 Å². The molecule has 0 amide bonds. The van der Waals surface area contributed by atoms with E-state index in [2.05, 4.69) is 0 Å². The lowest BCUT2D eigenvalue weighted by molar-refractivity contribution is -0.233. The van der Waals surface area contributed by atoms with Gasteiger partial charge in [0.15, 0.2) is 22.9 Å². The predicted molar refractivity (Wildman–Crippen MR) is 256 cm³/mol. The summed E-state index contributed by atoms with van der Waals surface area (Å²) >= 11 is 12.0. The van der Waals surface area contributed by atoms with Crippen molar-refractivity contribution >= 4 is 58.1 Å². The minimum Gasteiger partial charge on any atom is -0.479 e. The van der Waals surface area contributed by atoms with Crippen molar-refractivity contribution in [2.24, 2.45) is 57.2 Å². The van der Waals surface area contributed by atoms with Crippen LogP contribution in [0.5, 0.6) is 0 Å². The molecule has 2 aliphatic heterocycles. The standard InChI is InChI=1S/2C27H28ClF2NO5/c2*1-24-8-7-17(32)10-20(24)21(29)11-19-18-9-14-13-31(16-5-3-15(28)4-6-16)36-27(14,23(34)35)25(18,2)12-22(33)26(19,24)30/h2*3-8,10,14,18-19,21-22,33H,9,11-13H2,1-2H3,(H,34,35)/t2*14-,18-,19-,21-,22-,24-,25-,26-,27-/m00/s1. The van der Waals surface area contributed by atoms with E-state index in [0.717, 1.165) is 12.2 Å². The van der Waals surface area contributed by atoms with Crippen LogP contribution in [0, 0.1) is 57.2 Å². The number of carbonyl (C=O) groups excluding carboxylic acids is 2. The van der Waals surface area contributed by atoms with Gasteiger partial charge in [0.2, 0.25) is 11.2 Å². The van der Waals surface area contributed by atoms with Crippen molar-refractivity contribution in [3.8, 4) is 0 Å². The molecule has 72 heavy (non-hydrogen) atoms. The van der Waals surface area contributed by atoms with Gasteiger partial charge in [-0.25, -0.2) is 27.2 Å². The first kappa shape index (κ1) is 49.6. The third-order valence-corrected chi connectivity index (χ3v) is 20.6. The van der Waals surface area contributed by atoms with Gasteiger partial charge in [0.05, 0.1) is 36.7 Å². The molecule has 0 aromatic heterocycles. The topological polar surface area (TPSA) is 174 Å². The third-order valence-electron chi connectivity index (χ3n) is 20.1. The zero-order valence-electron chi connectivity index (χ0n) is 39.9. The monoisotopic (exact) mass is 1040 g/mol. The number of anilines is 2. The molecule has 0 bridgehead atoms. The lowest BCUT2D eigenvalue weighted by Crippen LogP contribution is -2.70. The average Bonchev–Trinajstić information content (AvgIpc) is 4.04. The summed E-state index contributed by atoms with van der Waals surface area (Å²) in [5.41, 5.74) is -11.9. The molecule has 8 fully saturated rings. The van der Waals surface area contributed by atoms with Crippen LogP contribution in [-0.4, -0.2) is 104 Å². The number of halogens is 6. The number of aliphatic hydroxyl groups excluding tert-OH is 2. The number of carboxylic acid groups (broad SMARTS) is 2. The Balaban J connectivity index is 0.000000156. The normalized spacial score (nSPS) is 47.1. The summed E-state index contributed by atoms with van der Waals surface area (Å²) in [6, 6.07) is 13.7. The second-order valence-electron chi connectivity index (χ2n) is 22.9. The Bertz CT molecular complexity index is 2630. The van der Waals surface area contributed by atoms with E-state index in [1.807, 2.05) is 0 Å². The molecular weight excluding hydrogens is 983 g/mol. The summed E-state index contributed by atoms with van der Waals surface area (Å²) < 4.78 is 65.7. The number of carboxylic acids is 2. The van der Waals surface area contributed by atoms with Gasteiger partial charge in [0.1, 0.15) is 12.3 Å². The Morgan fingerprint density at radius 2 is 0.944 bits per heavy atom. The maximum atomic E-state index is 17.3. The fraction of sp³-hybridized carbons (Fsp3) is 0.556. The van der Waals surface area contributed by atoms with E-state index in [4.69, 9.17) is 32.9 Å². The number of aliphatic carboxylic acids is 2. The second-order valence-corrected chi connectivity index (χ2v) is 23.8. The molecule has 12 nitrogen and oxygen atoms in total. The van der Waals surface area contributed by atoms with Gasteiger partial charge in [-0.3, -0.25) is 29.4 Å². The third kappa shape index (κ3) is 6.07. The predicted octanol–water partition coefficient (Wildman–Crippen LogP) is 8.92. The van der Waals surface area contributed by atoms with Crippen LogP contribution < -0.4 is 10.1 Å². The van der Waals surface area contributed by atoms with Gasteiger partial charge >= 0.3 is 11.9 Å². The van der Waals surface area contributed by atoms with Gasteiger partial charge < -0.3 is 20.4 Å². The van der Waals surface area contributed by atoms with E-state index in [1.54, 1.807) is 62.4 Å². The fourth-order valence-electron chi connectivity index (χ4n) is 16.7. The van der Waals surface area contributed by atoms with Crippen LogP contribution in [0.15, 0.2) is 96.1 Å². The van der Waals surface area contributed by atoms with E-state index in [1.165, 1.54) is 48.3 Å². The first-order valence-electron chi connectivity index (χ1n) is 24.6. The zero-order valence-corrected chi connectivity index (χ0v) is 41.4. The van der Waals surface area contributed by atoms with Gasteiger partial charge in [0.25, 0.3) is 0 Å². The number of alkyl halides is 4. The number of hydrogen-bond acceptors (Lipinski definition) is 10. The molecular formula is C54H56Cl2F4N2O10. The van der Waals surface area contributed by atoms with Crippen LogP contribution in [0.4, 0.5) is 28.9 Å². The van der Waals surface area contributed by atoms with Gasteiger partial charge in [-0.05, 0) is 148 Å². The van der Waals surface area contributed by atoms with Crippen molar-refractivity contribution in [2.45, 2.75) is 113 Å². The number of ketones is 2. The molecule has 2 heterocycles. The van der Waals surface area contributed by atoms with Crippen molar-refractivity contribution < 1.29 is 66.8 Å². The van der Waals surface area contributed by atoms with Gasteiger partial charge in [-0.2, -0.15) is 0 Å². The molecule has 6 saturated carbocycles. The molecule has 10 aliphatic rings. The lowest BCUT2D eigenvalue weighted by Gasteiger charge is -2.62. The van der Waals surface area contributed by atoms with Crippen molar-refractivity contribution in [3.05, 3.63) is 106 Å². The molecule has 0 spiro atoms. The van der Waals surface area contributed by atoms with Crippen molar-refractivity contribution in [2.75, 3.05) is 23.2 Å². The quantitative estimate of drug-likeness (QED) is 0.215. The van der Waals surface area contributed by atoms with Gasteiger partial charge in [-0.15, -0.1) is 0 Å². The fourth-order valence-corrected chi connectivity index (χ4v) is 17.0. The Labute approximate surface area is 423 Å². The van der Waals surface area contributed by atoms with Crippen molar-refractivity contribution in [3.63, 3.8) is 0 Å².